The Morgan fingerprint density at radius 3 is 2.58 bits per heavy atom. The molecule has 0 bridgehead atoms. The van der Waals surface area contributed by atoms with Crippen LogP contribution in [0.1, 0.15) is 32.8 Å². The molecule has 0 aromatic carbocycles. The summed E-state index contributed by atoms with van der Waals surface area (Å²) in [6.45, 7) is 5.84. The molecule has 1 amide bonds. The molecule has 0 aliphatic heterocycles. The average Bonchev–Trinajstić information content (AvgIpc) is 2.38. The minimum absolute atomic E-state index is 0.0924. The molecule has 1 aromatic rings. The highest BCUT2D eigenvalue weighted by atomic mass is 16.5. The van der Waals surface area contributed by atoms with Gasteiger partial charge in [0, 0.05) is 18.8 Å². The largest absolute Gasteiger partial charge is 0.464 e. The van der Waals surface area contributed by atoms with E-state index in [4.69, 9.17) is 9.84 Å². The maximum atomic E-state index is 11.7. The molecule has 1 aromatic heterocycles. The molecular formula is C13H21N3O3. The summed E-state index contributed by atoms with van der Waals surface area (Å²) >= 11 is 0. The molecule has 2 N–H and O–H groups in total. The number of carbonyl (C=O) groups is 1. The van der Waals surface area contributed by atoms with Crippen molar-refractivity contribution in [2.45, 2.75) is 39.2 Å². The number of aliphatic hydroxyl groups excluding tert-OH is 1. The van der Waals surface area contributed by atoms with Crippen molar-refractivity contribution in [3.8, 4) is 6.01 Å². The van der Waals surface area contributed by atoms with Gasteiger partial charge >= 0.3 is 6.01 Å². The molecule has 0 radical (unpaired) electrons. The number of hydrogen-bond acceptors (Lipinski definition) is 5. The number of ether oxygens (including phenoxy) is 1. The van der Waals surface area contributed by atoms with Crippen molar-refractivity contribution in [3.63, 3.8) is 0 Å². The number of aryl methyl sites for hydroxylation is 1. The number of carbonyl (C=O) groups excluding carboxylic acids is 1. The lowest BCUT2D eigenvalue weighted by molar-refractivity contribution is -0.123. The summed E-state index contributed by atoms with van der Waals surface area (Å²) in [4.78, 5) is 19.7. The third-order valence-electron chi connectivity index (χ3n) is 2.47. The van der Waals surface area contributed by atoms with Crippen molar-refractivity contribution >= 4 is 5.91 Å². The lowest BCUT2D eigenvalue weighted by Crippen LogP contribution is -2.46. The summed E-state index contributed by atoms with van der Waals surface area (Å²) in [6, 6.07) is 0.345. The van der Waals surface area contributed by atoms with E-state index < -0.39 is 5.54 Å². The van der Waals surface area contributed by atoms with Gasteiger partial charge in [-0.25, -0.2) is 9.97 Å². The van der Waals surface area contributed by atoms with Crippen molar-refractivity contribution in [3.05, 3.63) is 18.0 Å². The number of amides is 1. The van der Waals surface area contributed by atoms with Crippen LogP contribution in [0, 0.1) is 0 Å². The normalized spacial score (nSPS) is 11.2. The molecule has 1 heterocycles. The van der Waals surface area contributed by atoms with Crippen molar-refractivity contribution in [1.82, 2.24) is 15.3 Å². The van der Waals surface area contributed by atoms with E-state index in [1.54, 1.807) is 26.2 Å². The fourth-order valence-electron chi connectivity index (χ4n) is 1.41. The second-order valence-electron chi connectivity index (χ2n) is 4.90. The van der Waals surface area contributed by atoms with Crippen molar-refractivity contribution in [2.24, 2.45) is 0 Å². The minimum Gasteiger partial charge on any atom is -0.464 e. The Bertz CT molecular complexity index is 404. The van der Waals surface area contributed by atoms with Crippen LogP contribution in [0.15, 0.2) is 12.4 Å². The summed E-state index contributed by atoms with van der Waals surface area (Å²) in [5, 5.41) is 11.8. The van der Waals surface area contributed by atoms with E-state index in [0.717, 1.165) is 5.56 Å². The van der Waals surface area contributed by atoms with E-state index in [2.05, 4.69) is 15.3 Å². The Balaban J connectivity index is 2.42. The first-order valence-corrected chi connectivity index (χ1v) is 6.32. The highest BCUT2D eigenvalue weighted by Crippen LogP contribution is 2.06. The van der Waals surface area contributed by atoms with Crippen LogP contribution in [0.2, 0.25) is 0 Å². The van der Waals surface area contributed by atoms with Crippen LogP contribution in [-0.4, -0.2) is 39.7 Å². The molecule has 0 unspecified atom stereocenters. The van der Waals surface area contributed by atoms with E-state index in [-0.39, 0.29) is 12.5 Å². The van der Waals surface area contributed by atoms with Gasteiger partial charge in [0.25, 0.3) is 0 Å². The number of aromatic nitrogens is 2. The first-order valence-electron chi connectivity index (χ1n) is 6.32. The van der Waals surface area contributed by atoms with E-state index in [9.17, 15) is 4.79 Å². The van der Waals surface area contributed by atoms with Crippen LogP contribution in [0.4, 0.5) is 0 Å². The molecule has 1 rings (SSSR count). The van der Waals surface area contributed by atoms with Crippen LogP contribution < -0.4 is 10.1 Å². The van der Waals surface area contributed by atoms with E-state index in [0.29, 0.717) is 25.5 Å². The molecule has 6 heteroatoms. The Labute approximate surface area is 113 Å². The number of rotatable bonds is 7. The van der Waals surface area contributed by atoms with Gasteiger partial charge in [-0.2, -0.15) is 0 Å². The van der Waals surface area contributed by atoms with E-state index >= 15 is 0 Å². The van der Waals surface area contributed by atoms with Gasteiger partial charge in [0.2, 0.25) is 5.91 Å². The second-order valence-corrected chi connectivity index (χ2v) is 4.90. The van der Waals surface area contributed by atoms with Gasteiger partial charge in [0.15, 0.2) is 0 Å². The van der Waals surface area contributed by atoms with E-state index in [1.165, 1.54) is 0 Å². The molecule has 0 fully saturated rings. The monoisotopic (exact) mass is 267 g/mol. The summed E-state index contributed by atoms with van der Waals surface area (Å²) in [5.74, 6) is -0.104. The molecule has 19 heavy (non-hydrogen) atoms. The zero-order chi connectivity index (χ0) is 14.3. The van der Waals surface area contributed by atoms with Crippen LogP contribution in [-0.2, 0) is 11.2 Å². The van der Waals surface area contributed by atoms with Crippen LogP contribution >= 0.6 is 0 Å². The minimum atomic E-state index is -0.591. The topological polar surface area (TPSA) is 84.3 Å². The zero-order valence-corrected chi connectivity index (χ0v) is 11.6. The first-order chi connectivity index (χ1) is 8.96. The molecule has 0 saturated carbocycles. The molecule has 0 aliphatic rings. The van der Waals surface area contributed by atoms with Gasteiger partial charge in [0.05, 0.1) is 18.8 Å². The van der Waals surface area contributed by atoms with Gasteiger partial charge in [-0.15, -0.1) is 0 Å². The number of nitrogens with one attached hydrogen (secondary N) is 1. The first kappa shape index (κ1) is 15.4. The summed E-state index contributed by atoms with van der Waals surface area (Å²) in [7, 11) is 0. The molecular weight excluding hydrogens is 246 g/mol. The van der Waals surface area contributed by atoms with Crippen molar-refractivity contribution in [1.29, 1.82) is 0 Å². The molecule has 0 saturated heterocycles. The zero-order valence-electron chi connectivity index (χ0n) is 11.6. The van der Waals surface area contributed by atoms with Gasteiger partial charge in [-0.3, -0.25) is 4.79 Å². The third-order valence-corrected chi connectivity index (χ3v) is 2.47. The smallest absolute Gasteiger partial charge is 0.316 e. The molecule has 0 spiro atoms. The molecule has 106 valence electrons. The van der Waals surface area contributed by atoms with Crippen molar-refractivity contribution in [2.75, 3.05) is 13.2 Å². The average molecular weight is 267 g/mol. The predicted octanol–water partition coefficient (Wildman–Crippen LogP) is 0.695. The number of nitrogens with zero attached hydrogens (tertiary/aromatic N) is 2. The van der Waals surface area contributed by atoms with Gasteiger partial charge in [-0.1, -0.05) is 0 Å². The van der Waals surface area contributed by atoms with Crippen LogP contribution in [0.25, 0.3) is 0 Å². The Kier molecular flexibility index (Phi) is 5.69. The van der Waals surface area contributed by atoms with Crippen LogP contribution in [0.3, 0.4) is 0 Å². The highest BCUT2D eigenvalue weighted by molar-refractivity contribution is 5.76. The quantitative estimate of drug-likeness (QED) is 0.759. The predicted molar refractivity (Wildman–Crippen MR) is 70.8 cm³/mol. The maximum Gasteiger partial charge on any atom is 0.316 e. The molecule has 0 atom stereocenters. The van der Waals surface area contributed by atoms with Gasteiger partial charge < -0.3 is 15.2 Å². The highest BCUT2D eigenvalue weighted by Gasteiger charge is 2.18. The fraction of sp³-hybridized carbons (Fsp3) is 0.615. The van der Waals surface area contributed by atoms with Crippen LogP contribution in [0.5, 0.6) is 6.01 Å². The lowest BCUT2D eigenvalue weighted by atomic mass is 10.1. The number of aliphatic hydroxyl groups is 1. The Morgan fingerprint density at radius 2 is 2.05 bits per heavy atom. The lowest BCUT2D eigenvalue weighted by Gasteiger charge is -2.23. The summed E-state index contributed by atoms with van der Waals surface area (Å²) in [5.41, 5.74) is 0.285. The summed E-state index contributed by atoms with van der Waals surface area (Å²) < 4.78 is 5.14. The maximum absolute atomic E-state index is 11.7. The summed E-state index contributed by atoms with van der Waals surface area (Å²) in [6.07, 6.45) is 4.20. The fourth-order valence-corrected chi connectivity index (χ4v) is 1.41. The third kappa shape index (κ3) is 5.65. The SMILES string of the molecule is CCOc1ncc(CCC(=O)NC(C)(C)CO)cn1. The standard InChI is InChI=1S/C13H21N3O3/c1-4-19-12-14-7-10(8-15-12)5-6-11(18)16-13(2,3)9-17/h7-8,17H,4-6,9H2,1-3H3,(H,16,18). The molecule has 0 aliphatic carbocycles. The Hall–Kier alpha value is -1.69. The Morgan fingerprint density at radius 1 is 1.42 bits per heavy atom. The van der Waals surface area contributed by atoms with Gasteiger partial charge in [-0.05, 0) is 32.8 Å². The number of hydrogen-bond donors (Lipinski definition) is 2. The molecule has 6 nitrogen and oxygen atoms in total. The second kappa shape index (κ2) is 7.04. The van der Waals surface area contributed by atoms with E-state index in [1.807, 2.05) is 6.92 Å². The van der Waals surface area contributed by atoms with Crippen molar-refractivity contribution < 1.29 is 14.6 Å². The van der Waals surface area contributed by atoms with Gasteiger partial charge in [0.1, 0.15) is 0 Å².